The van der Waals surface area contributed by atoms with Gasteiger partial charge in [0, 0.05) is 17.8 Å². The van der Waals surface area contributed by atoms with E-state index in [1.807, 2.05) is 12.1 Å². The Kier molecular flexibility index (Phi) is 6.09. The summed E-state index contributed by atoms with van der Waals surface area (Å²) in [6.45, 7) is 1.79. The summed E-state index contributed by atoms with van der Waals surface area (Å²) in [7, 11) is 0. The molecule has 7 heteroatoms. The molecule has 0 bridgehead atoms. The highest BCUT2D eigenvalue weighted by Crippen LogP contribution is 2.40. The minimum atomic E-state index is -0.440. The smallest absolute Gasteiger partial charge is 0.280 e. The highest BCUT2D eigenvalue weighted by molar-refractivity contribution is 6.01. The van der Waals surface area contributed by atoms with E-state index in [9.17, 15) is 20.2 Å². The lowest BCUT2D eigenvalue weighted by Crippen LogP contribution is -2.19. The molecule has 0 unspecified atom stereocenters. The zero-order chi connectivity index (χ0) is 23.4. The number of nitro groups is 1. The quantitative estimate of drug-likeness (QED) is 0.280. The number of carbonyl (C=O) groups is 1. The lowest BCUT2D eigenvalue weighted by molar-refractivity contribution is -0.384. The third-order valence-corrected chi connectivity index (χ3v) is 6.02. The van der Waals surface area contributed by atoms with Gasteiger partial charge in [-0.15, -0.1) is 0 Å². The van der Waals surface area contributed by atoms with Crippen molar-refractivity contribution in [3.8, 4) is 17.4 Å². The summed E-state index contributed by atoms with van der Waals surface area (Å²) >= 11 is 0. The number of hydrogen-bond acceptors (Lipinski definition) is 5. The van der Waals surface area contributed by atoms with Gasteiger partial charge in [0.2, 0.25) is 5.91 Å². The number of anilines is 1. The van der Waals surface area contributed by atoms with Crippen molar-refractivity contribution in [3.05, 3.63) is 87.7 Å². The van der Waals surface area contributed by atoms with E-state index in [2.05, 4.69) is 11.4 Å². The van der Waals surface area contributed by atoms with Gasteiger partial charge < -0.3 is 9.73 Å². The molecule has 166 valence electrons. The summed E-state index contributed by atoms with van der Waals surface area (Å²) in [5, 5.41) is 23.8. The van der Waals surface area contributed by atoms with Gasteiger partial charge >= 0.3 is 0 Å². The summed E-state index contributed by atoms with van der Waals surface area (Å²) in [5.41, 5.74) is 2.35. The van der Waals surface area contributed by atoms with Crippen molar-refractivity contribution in [2.24, 2.45) is 0 Å². The number of hydrogen-bond donors (Lipinski definition) is 1. The molecule has 0 saturated heterocycles. The molecule has 1 heterocycles. The maximum atomic E-state index is 12.3. The molecule has 33 heavy (non-hydrogen) atoms. The van der Waals surface area contributed by atoms with Gasteiger partial charge in [0.15, 0.2) is 0 Å². The first-order valence-electron chi connectivity index (χ1n) is 10.8. The van der Waals surface area contributed by atoms with Crippen LogP contribution in [0.5, 0.6) is 0 Å². The lowest BCUT2D eigenvalue weighted by Gasteiger charge is -2.20. The fourth-order valence-electron chi connectivity index (χ4n) is 4.25. The number of nitriles is 1. The first-order valence-corrected chi connectivity index (χ1v) is 10.8. The molecule has 0 aliphatic heterocycles. The van der Waals surface area contributed by atoms with E-state index in [1.54, 1.807) is 43.3 Å². The Morgan fingerprint density at radius 2 is 1.88 bits per heavy atom. The van der Waals surface area contributed by atoms with E-state index in [0.717, 1.165) is 36.8 Å². The number of nitrogens with one attached hydrogen (secondary N) is 1. The van der Waals surface area contributed by atoms with Crippen molar-refractivity contribution < 1.29 is 14.1 Å². The molecular formula is C26H23N3O4. The molecule has 4 rings (SSSR count). The summed E-state index contributed by atoms with van der Waals surface area (Å²) < 4.78 is 5.70. The maximum absolute atomic E-state index is 12.3. The highest BCUT2D eigenvalue weighted by Gasteiger charge is 2.35. The van der Waals surface area contributed by atoms with Gasteiger partial charge in [-0.25, -0.2) is 0 Å². The molecule has 0 radical (unpaired) electrons. The van der Waals surface area contributed by atoms with Crippen LogP contribution in [0.2, 0.25) is 0 Å². The van der Waals surface area contributed by atoms with Gasteiger partial charge in [-0.1, -0.05) is 31.0 Å². The van der Waals surface area contributed by atoms with Gasteiger partial charge in [-0.3, -0.25) is 14.9 Å². The molecule has 0 spiro atoms. The van der Waals surface area contributed by atoms with Crippen LogP contribution in [-0.4, -0.2) is 10.8 Å². The summed E-state index contributed by atoms with van der Waals surface area (Å²) in [5.74, 6) is 0.427. The standard InChI is InChI=1S/C26H23N3O4/c1-18-4-11-22(23(16-18)29(31)32)24-12-9-21(33-24)10-13-25(30)28-20-7-5-19(6-8-20)26(17-27)14-2-3-15-26/h4-13,16H,2-3,14-15H2,1H3,(H,28,30)/b13-10+. The van der Waals surface area contributed by atoms with Crippen LogP contribution in [0.1, 0.15) is 42.6 Å². The maximum Gasteiger partial charge on any atom is 0.280 e. The second-order valence-electron chi connectivity index (χ2n) is 8.28. The Labute approximate surface area is 191 Å². The molecule has 1 aromatic heterocycles. The number of amides is 1. The summed E-state index contributed by atoms with van der Waals surface area (Å²) in [6.07, 6.45) is 6.71. The minimum Gasteiger partial charge on any atom is -0.456 e. The van der Waals surface area contributed by atoms with E-state index in [0.29, 0.717) is 22.8 Å². The monoisotopic (exact) mass is 441 g/mol. The lowest BCUT2D eigenvalue weighted by atomic mass is 9.80. The average Bonchev–Trinajstić information content (AvgIpc) is 3.49. The Morgan fingerprint density at radius 3 is 2.55 bits per heavy atom. The Balaban J connectivity index is 1.43. The van der Waals surface area contributed by atoms with Gasteiger partial charge in [0.25, 0.3) is 5.69 Å². The number of furan rings is 1. The van der Waals surface area contributed by atoms with E-state index in [1.165, 1.54) is 18.2 Å². The number of carbonyl (C=O) groups excluding carboxylic acids is 1. The van der Waals surface area contributed by atoms with Gasteiger partial charge in [0.1, 0.15) is 11.5 Å². The van der Waals surface area contributed by atoms with Crippen molar-refractivity contribution in [1.82, 2.24) is 0 Å². The highest BCUT2D eigenvalue weighted by atomic mass is 16.6. The number of benzene rings is 2. The zero-order valence-corrected chi connectivity index (χ0v) is 18.2. The van der Waals surface area contributed by atoms with Gasteiger partial charge in [0.05, 0.1) is 22.0 Å². The normalized spacial score (nSPS) is 14.8. The SMILES string of the molecule is Cc1ccc(-c2ccc(/C=C/C(=O)Nc3ccc(C4(C#N)CCCC4)cc3)o2)c([N+](=O)[O-])c1. The largest absolute Gasteiger partial charge is 0.456 e. The fraction of sp³-hybridized carbons (Fsp3) is 0.231. The predicted molar refractivity (Wildman–Crippen MR) is 125 cm³/mol. The first-order chi connectivity index (χ1) is 15.9. The zero-order valence-electron chi connectivity index (χ0n) is 18.2. The molecule has 1 fully saturated rings. The van der Waals surface area contributed by atoms with Crippen molar-refractivity contribution in [2.45, 2.75) is 38.0 Å². The fourth-order valence-corrected chi connectivity index (χ4v) is 4.25. The second kappa shape index (κ2) is 9.13. The molecule has 1 amide bonds. The first kappa shape index (κ1) is 22.0. The van der Waals surface area contributed by atoms with Crippen LogP contribution in [0.15, 0.2) is 65.1 Å². The van der Waals surface area contributed by atoms with Crippen LogP contribution >= 0.6 is 0 Å². The molecule has 3 aromatic rings. The minimum absolute atomic E-state index is 0.0307. The molecular weight excluding hydrogens is 418 g/mol. The van der Waals surface area contributed by atoms with Crippen LogP contribution in [0, 0.1) is 28.4 Å². The Morgan fingerprint density at radius 1 is 1.15 bits per heavy atom. The van der Waals surface area contributed by atoms with Crippen molar-refractivity contribution in [3.63, 3.8) is 0 Å². The van der Waals surface area contributed by atoms with Gasteiger partial charge in [-0.2, -0.15) is 5.26 Å². The molecule has 0 atom stereocenters. The molecule has 1 saturated carbocycles. The van der Waals surface area contributed by atoms with Crippen LogP contribution in [0.4, 0.5) is 11.4 Å². The Bertz CT molecular complexity index is 1260. The van der Waals surface area contributed by atoms with Crippen LogP contribution in [-0.2, 0) is 10.2 Å². The van der Waals surface area contributed by atoms with Crippen LogP contribution in [0.25, 0.3) is 17.4 Å². The van der Waals surface area contributed by atoms with Crippen molar-refractivity contribution in [2.75, 3.05) is 5.32 Å². The Hall–Kier alpha value is -4.18. The molecule has 1 N–H and O–H groups in total. The second-order valence-corrected chi connectivity index (χ2v) is 8.28. The molecule has 7 nitrogen and oxygen atoms in total. The number of rotatable bonds is 6. The number of nitrogens with zero attached hydrogens (tertiary/aromatic N) is 2. The van der Waals surface area contributed by atoms with Crippen LogP contribution in [0.3, 0.4) is 0 Å². The number of nitro benzene ring substituents is 1. The van der Waals surface area contributed by atoms with E-state index < -0.39 is 10.3 Å². The van der Waals surface area contributed by atoms with Crippen molar-refractivity contribution in [1.29, 1.82) is 5.26 Å². The average molecular weight is 441 g/mol. The van der Waals surface area contributed by atoms with Crippen LogP contribution < -0.4 is 5.32 Å². The predicted octanol–water partition coefficient (Wildman–Crippen LogP) is 6.15. The molecule has 1 aliphatic rings. The van der Waals surface area contributed by atoms with Gasteiger partial charge in [-0.05, 0) is 67.3 Å². The summed E-state index contributed by atoms with van der Waals surface area (Å²) in [6, 6.07) is 18.1. The van der Waals surface area contributed by atoms with Crippen molar-refractivity contribution >= 4 is 23.4 Å². The molecule has 2 aromatic carbocycles. The van der Waals surface area contributed by atoms with E-state index in [4.69, 9.17) is 4.42 Å². The van der Waals surface area contributed by atoms with E-state index >= 15 is 0 Å². The number of aryl methyl sites for hydroxylation is 1. The van der Waals surface area contributed by atoms with E-state index in [-0.39, 0.29) is 11.6 Å². The topological polar surface area (TPSA) is 109 Å². The third kappa shape index (κ3) is 4.70. The summed E-state index contributed by atoms with van der Waals surface area (Å²) in [4.78, 5) is 23.2. The molecule has 1 aliphatic carbocycles. The third-order valence-electron chi connectivity index (χ3n) is 6.02.